The van der Waals surface area contributed by atoms with Gasteiger partial charge < -0.3 is 9.87 Å². The van der Waals surface area contributed by atoms with Gasteiger partial charge in [0.2, 0.25) is 0 Å². The molecule has 1 aromatic carbocycles. The van der Waals surface area contributed by atoms with Crippen molar-refractivity contribution in [3.63, 3.8) is 0 Å². The first-order valence-corrected chi connectivity index (χ1v) is 12.1. The predicted octanol–water partition coefficient (Wildman–Crippen LogP) is 3.92. The zero-order valence-electron chi connectivity index (χ0n) is 18.1. The van der Waals surface area contributed by atoms with Gasteiger partial charge in [0.05, 0.1) is 5.69 Å². The van der Waals surface area contributed by atoms with Gasteiger partial charge in [0, 0.05) is 48.1 Å². The maximum Gasteiger partial charge on any atom is 0.323 e. The van der Waals surface area contributed by atoms with Crippen LogP contribution in [0.3, 0.4) is 0 Å². The average molecular weight is 442 g/mol. The second kappa shape index (κ2) is 9.38. The van der Waals surface area contributed by atoms with Crippen molar-refractivity contribution in [2.75, 3.05) is 31.2 Å². The number of halogens is 1. The molecule has 0 spiro atoms. The summed E-state index contributed by atoms with van der Waals surface area (Å²) in [6.07, 6.45) is 5.82. The van der Waals surface area contributed by atoms with Crippen molar-refractivity contribution in [2.45, 2.75) is 31.0 Å². The lowest BCUT2D eigenvalue weighted by Gasteiger charge is -2.23. The number of imidazole rings is 1. The van der Waals surface area contributed by atoms with E-state index in [1.807, 2.05) is 23.7 Å². The molecule has 1 saturated heterocycles. The highest BCUT2D eigenvalue weighted by Crippen LogP contribution is 2.34. The lowest BCUT2D eigenvalue weighted by atomic mass is 10.1. The number of hydrogen-bond donors (Lipinski definition) is 1. The van der Waals surface area contributed by atoms with E-state index < -0.39 is 11.2 Å². The molecule has 1 aliphatic rings. The van der Waals surface area contributed by atoms with Crippen molar-refractivity contribution in [3.05, 3.63) is 48.4 Å². The maximum atomic E-state index is 13.5. The van der Waals surface area contributed by atoms with E-state index in [0.29, 0.717) is 16.9 Å². The van der Waals surface area contributed by atoms with Crippen molar-refractivity contribution in [2.24, 2.45) is 7.05 Å². The largest absolute Gasteiger partial charge is 0.609 e. The Hall–Kier alpha value is -2.42. The van der Waals surface area contributed by atoms with Gasteiger partial charge in [-0.1, -0.05) is 6.92 Å². The van der Waals surface area contributed by atoms with E-state index in [1.165, 1.54) is 25.0 Å². The van der Waals surface area contributed by atoms with Crippen LogP contribution in [0.5, 0.6) is 0 Å². The van der Waals surface area contributed by atoms with Gasteiger partial charge in [-0.3, -0.25) is 9.47 Å². The summed E-state index contributed by atoms with van der Waals surface area (Å²) in [5.74, 6) is 0.495. The van der Waals surface area contributed by atoms with Gasteiger partial charge >= 0.3 is 5.16 Å². The molecule has 3 heterocycles. The van der Waals surface area contributed by atoms with Crippen LogP contribution in [0.4, 0.5) is 10.2 Å². The van der Waals surface area contributed by atoms with Crippen LogP contribution in [0.25, 0.3) is 22.5 Å². The summed E-state index contributed by atoms with van der Waals surface area (Å²) in [6.45, 7) is 5.27. The summed E-state index contributed by atoms with van der Waals surface area (Å²) in [5, 5.41) is 3.96. The fraction of sp³-hybridized carbons (Fsp3) is 0.391. The molecule has 6 nitrogen and oxygen atoms in total. The molecule has 2 atom stereocenters. The Morgan fingerprint density at radius 3 is 2.71 bits per heavy atom. The zero-order chi connectivity index (χ0) is 22.0. The van der Waals surface area contributed by atoms with E-state index in [-0.39, 0.29) is 5.82 Å². The van der Waals surface area contributed by atoms with Crippen LogP contribution in [-0.2, 0) is 18.2 Å². The second-order valence-electron chi connectivity index (χ2n) is 7.85. The Bertz CT molecular complexity index is 1040. The summed E-state index contributed by atoms with van der Waals surface area (Å²) >= 11 is -1.26. The summed E-state index contributed by atoms with van der Waals surface area (Å²) in [4.78, 5) is 11.6. The molecule has 31 heavy (non-hydrogen) atoms. The number of aromatic nitrogens is 3. The van der Waals surface area contributed by atoms with Crippen molar-refractivity contribution >= 4 is 17.0 Å². The Kier molecular flexibility index (Phi) is 6.60. The first kappa shape index (κ1) is 21.8. The quantitative estimate of drug-likeness (QED) is 0.563. The molecule has 0 amide bonds. The molecule has 1 aliphatic heterocycles. The van der Waals surface area contributed by atoms with Gasteiger partial charge in [0.1, 0.15) is 23.6 Å². The Morgan fingerprint density at radius 2 is 2.00 bits per heavy atom. The third kappa shape index (κ3) is 4.61. The number of anilines is 1. The van der Waals surface area contributed by atoms with Gasteiger partial charge in [-0.25, -0.2) is 9.37 Å². The highest BCUT2D eigenvalue weighted by Gasteiger charge is 2.25. The smallest absolute Gasteiger partial charge is 0.323 e. The van der Waals surface area contributed by atoms with E-state index in [0.717, 1.165) is 42.3 Å². The third-order valence-corrected chi connectivity index (χ3v) is 6.77. The van der Waals surface area contributed by atoms with Gasteiger partial charge in [-0.05, 0) is 62.3 Å². The van der Waals surface area contributed by atoms with Crippen molar-refractivity contribution in [3.8, 4) is 22.5 Å². The summed E-state index contributed by atoms with van der Waals surface area (Å²) < 4.78 is 27.6. The fourth-order valence-electron chi connectivity index (χ4n) is 4.31. The summed E-state index contributed by atoms with van der Waals surface area (Å²) in [6, 6.07) is 10.7. The molecule has 4 rings (SSSR count). The lowest BCUT2D eigenvalue weighted by Crippen LogP contribution is -2.34. The average Bonchev–Trinajstić information content (AvgIpc) is 3.37. The number of rotatable bonds is 7. The molecule has 2 aromatic heterocycles. The standard InChI is InChI=1S/C23H28FN5OS/c1-4-29-13-5-6-19(29)15-26-20-14-17(11-12-25-20)22-21(16-7-9-18(24)10-8-16)27-23(28(22)2)31(3)30/h7-12,14,19H,4-6,13,15H2,1-3H3,(H,25,26). The minimum Gasteiger partial charge on any atom is -0.609 e. The molecule has 1 N–H and O–H groups in total. The lowest BCUT2D eigenvalue weighted by molar-refractivity contribution is 0.277. The molecular weight excluding hydrogens is 413 g/mol. The van der Waals surface area contributed by atoms with Crippen LogP contribution in [0.1, 0.15) is 19.8 Å². The van der Waals surface area contributed by atoms with Crippen LogP contribution < -0.4 is 5.32 Å². The van der Waals surface area contributed by atoms with Crippen LogP contribution in [0.2, 0.25) is 0 Å². The Balaban J connectivity index is 1.67. The van der Waals surface area contributed by atoms with E-state index >= 15 is 0 Å². The van der Waals surface area contributed by atoms with Crippen LogP contribution >= 0.6 is 0 Å². The molecule has 0 radical (unpaired) electrons. The van der Waals surface area contributed by atoms with Crippen LogP contribution in [-0.4, -0.2) is 55.9 Å². The maximum absolute atomic E-state index is 13.5. The first-order chi connectivity index (χ1) is 15.0. The molecule has 0 saturated carbocycles. The highest BCUT2D eigenvalue weighted by atomic mass is 32.2. The first-order valence-electron chi connectivity index (χ1n) is 10.6. The minimum atomic E-state index is -1.26. The molecule has 1 fully saturated rings. The fourth-order valence-corrected chi connectivity index (χ4v) is 5.01. The second-order valence-corrected chi connectivity index (χ2v) is 9.12. The van der Waals surface area contributed by atoms with E-state index in [1.54, 1.807) is 24.6 Å². The third-order valence-electron chi connectivity index (χ3n) is 5.89. The topological polar surface area (TPSA) is 69.0 Å². The van der Waals surface area contributed by atoms with Gasteiger partial charge in [0.25, 0.3) is 0 Å². The number of hydrogen-bond acceptors (Lipinski definition) is 5. The summed E-state index contributed by atoms with van der Waals surface area (Å²) in [5.41, 5.74) is 3.21. The SMILES string of the molecule is CCN1CCCC1CNc1cc(-c2c(-c3ccc(F)cc3)nc([S+](C)[O-])n2C)ccn1. The zero-order valence-corrected chi connectivity index (χ0v) is 19.0. The highest BCUT2D eigenvalue weighted by molar-refractivity contribution is 7.90. The molecular formula is C23H28FN5OS. The van der Waals surface area contributed by atoms with Crippen molar-refractivity contribution < 1.29 is 8.94 Å². The monoisotopic (exact) mass is 441 g/mol. The Labute approximate surface area is 185 Å². The number of pyridine rings is 1. The van der Waals surface area contributed by atoms with E-state index in [2.05, 4.69) is 27.1 Å². The van der Waals surface area contributed by atoms with Crippen molar-refractivity contribution in [1.29, 1.82) is 0 Å². The Morgan fingerprint density at radius 1 is 1.23 bits per heavy atom. The van der Waals surface area contributed by atoms with E-state index in [9.17, 15) is 8.94 Å². The van der Waals surface area contributed by atoms with Gasteiger partial charge in [-0.15, -0.1) is 0 Å². The summed E-state index contributed by atoms with van der Waals surface area (Å²) in [7, 11) is 1.86. The van der Waals surface area contributed by atoms with Crippen molar-refractivity contribution in [1.82, 2.24) is 19.4 Å². The number of nitrogens with zero attached hydrogens (tertiary/aromatic N) is 4. The molecule has 164 valence electrons. The molecule has 3 aromatic rings. The van der Waals surface area contributed by atoms with Crippen LogP contribution in [0.15, 0.2) is 47.8 Å². The molecule has 0 bridgehead atoms. The number of likely N-dealkylation sites (tertiary alicyclic amines) is 1. The predicted molar refractivity (Wildman–Crippen MR) is 123 cm³/mol. The molecule has 8 heteroatoms. The van der Waals surface area contributed by atoms with E-state index in [4.69, 9.17) is 0 Å². The molecule has 0 aliphatic carbocycles. The number of nitrogens with one attached hydrogen (secondary N) is 1. The minimum absolute atomic E-state index is 0.302. The number of benzene rings is 1. The van der Waals surface area contributed by atoms with Gasteiger partial charge in [-0.2, -0.15) is 4.98 Å². The normalized spacial score (nSPS) is 17.8. The van der Waals surface area contributed by atoms with Crippen LogP contribution in [0, 0.1) is 5.82 Å². The molecule has 2 unspecified atom stereocenters. The van der Waals surface area contributed by atoms with Gasteiger partial charge in [0.15, 0.2) is 0 Å². The number of likely N-dealkylation sites (N-methyl/N-ethyl adjacent to an activating group) is 1.